The fraction of sp³-hybridized carbons (Fsp3) is 0.167. The van der Waals surface area contributed by atoms with Crippen LogP contribution in [0.3, 0.4) is 0 Å². The lowest BCUT2D eigenvalue weighted by molar-refractivity contribution is 0.602. The van der Waals surface area contributed by atoms with Crippen molar-refractivity contribution in [3.8, 4) is 11.3 Å². The number of aryl methyl sites for hydroxylation is 1. The van der Waals surface area contributed by atoms with Crippen LogP contribution in [-0.4, -0.2) is 24.6 Å². The minimum atomic E-state index is -3.21. The number of hydrogen-bond donors (Lipinski definition) is 1. The number of rotatable bonds is 2. The first-order valence-corrected chi connectivity index (χ1v) is 7.14. The first-order valence-electron chi connectivity index (χ1n) is 5.25. The molecule has 18 heavy (non-hydrogen) atoms. The lowest BCUT2D eigenvalue weighted by Crippen LogP contribution is -2.08. The zero-order chi connectivity index (χ0) is 13.3. The number of benzene rings is 1. The molecular formula is C12H12N2O3S. The molecule has 0 bridgehead atoms. The Morgan fingerprint density at radius 1 is 1.17 bits per heavy atom. The van der Waals surface area contributed by atoms with Gasteiger partial charge in [-0.25, -0.2) is 13.4 Å². The van der Waals surface area contributed by atoms with Crippen LogP contribution in [-0.2, 0) is 9.84 Å². The van der Waals surface area contributed by atoms with E-state index in [0.717, 1.165) is 6.26 Å². The summed E-state index contributed by atoms with van der Waals surface area (Å²) in [6.07, 6.45) is 1.15. The van der Waals surface area contributed by atoms with Gasteiger partial charge in [0.15, 0.2) is 9.84 Å². The summed E-state index contributed by atoms with van der Waals surface area (Å²) in [5, 5.41) is 0. The fourth-order valence-electron chi connectivity index (χ4n) is 1.60. The average molecular weight is 264 g/mol. The van der Waals surface area contributed by atoms with Crippen molar-refractivity contribution in [1.82, 2.24) is 9.97 Å². The Balaban J connectivity index is 2.50. The fourth-order valence-corrected chi connectivity index (χ4v) is 2.23. The maximum Gasteiger partial charge on any atom is 0.251 e. The van der Waals surface area contributed by atoms with E-state index >= 15 is 0 Å². The molecule has 0 atom stereocenters. The first-order chi connectivity index (χ1) is 8.36. The standard InChI is InChI=1S/C12H12N2O3S/c1-8-13-11(7-12(15)14-8)9-3-5-10(6-4-9)18(2,16)17/h3-7H,1-2H3,(H,13,14,15). The molecule has 1 aromatic heterocycles. The molecule has 6 heteroatoms. The molecular weight excluding hydrogens is 252 g/mol. The van der Waals surface area contributed by atoms with Crippen LogP contribution >= 0.6 is 0 Å². The Hall–Kier alpha value is -1.95. The molecule has 0 saturated heterocycles. The lowest BCUT2D eigenvalue weighted by Gasteiger charge is -2.03. The quantitative estimate of drug-likeness (QED) is 0.882. The topological polar surface area (TPSA) is 79.9 Å². The smallest absolute Gasteiger partial charge is 0.251 e. The maximum atomic E-state index is 11.3. The van der Waals surface area contributed by atoms with Crippen molar-refractivity contribution >= 4 is 9.84 Å². The zero-order valence-corrected chi connectivity index (χ0v) is 10.8. The number of aromatic amines is 1. The van der Waals surface area contributed by atoms with Crippen molar-refractivity contribution in [3.63, 3.8) is 0 Å². The average Bonchev–Trinajstić information content (AvgIpc) is 2.27. The van der Waals surface area contributed by atoms with Crippen molar-refractivity contribution in [2.24, 2.45) is 0 Å². The number of H-pyrrole nitrogens is 1. The number of sulfone groups is 1. The van der Waals surface area contributed by atoms with Gasteiger partial charge in [-0.3, -0.25) is 4.79 Å². The van der Waals surface area contributed by atoms with Crippen LogP contribution < -0.4 is 5.56 Å². The molecule has 0 radical (unpaired) electrons. The van der Waals surface area contributed by atoms with Gasteiger partial charge < -0.3 is 4.98 Å². The number of nitrogens with zero attached hydrogens (tertiary/aromatic N) is 1. The van der Waals surface area contributed by atoms with Crippen molar-refractivity contribution in [3.05, 3.63) is 46.5 Å². The van der Waals surface area contributed by atoms with Gasteiger partial charge in [0.05, 0.1) is 10.6 Å². The highest BCUT2D eigenvalue weighted by Gasteiger charge is 2.07. The molecule has 0 fully saturated rings. The minimum absolute atomic E-state index is 0.232. The Kier molecular flexibility index (Phi) is 3.04. The highest BCUT2D eigenvalue weighted by molar-refractivity contribution is 7.90. The molecule has 0 aliphatic carbocycles. The van der Waals surface area contributed by atoms with Crippen LogP contribution in [0, 0.1) is 6.92 Å². The molecule has 0 aliphatic rings. The van der Waals surface area contributed by atoms with Gasteiger partial charge in [-0.15, -0.1) is 0 Å². The first kappa shape index (κ1) is 12.5. The van der Waals surface area contributed by atoms with Gasteiger partial charge in [-0.05, 0) is 19.1 Å². The summed E-state index contributed by atoms with van der Waals surface area (Å²) in [4.78, 5) is 18.3. The predicted octanol–water partition coefficient (Wildman–Crippen LogP) is 1.15. The Bertz CT molecular complexity index is 731. The van der Waals surface area contributed by atoms with E-state index in [0.29, 0.717) is 17.1 Å². The molecule has 1 N–H and O–H groups in total. The van der Waals surface area contributed by atoms with Gasteiger partial charge >= 0.3 is 0 Å². The summed E-state index contributed by atoms with van der Waals surface area (Å²) < 4.78 is 22.6. The second-order valence-electron chi connectivity index (χ2n) is 4.01. The molecule has 5 nitrogen and oxygen atoms in total. The third-order valence-corrected chi connectivity index (χ3v) is 3.57. The van der Waals surface area contributed by atoms with Crippen molar-refractivity contribution in [1.29, 1.82) is 0 Å². The second-order valence-corrected chi connectivity index (χ2v) is 6.03. The van der Waals surface area contributed by atoms with E-state index in [1.807, 2.05) is 0 Å². The molecule has 0 aliphatic heterocycles. The normalized spacial score (nSPS) is 11.4. The van der Waals surface area contributed by atoms with Gasteiger partial charge in [0.25, 0.3) is 5.56 Å². The Labute approximate surface area is 104 Å². The van der Waals surface area contributed by atoms with Crippen LogP contribution in [0.5, 0.6) is 0 Å². The van der Waals surface area contributed by atoms with E-state index in [1.165, 1.54) is 18.2 Å². The van der Waals surface area contributed by atoms with Crippen molar-refractivity contribution < 1.29 is 8.42 Å². The third-order valence-electron chi connectivity index (χ3n) is 2.44. The van der Waals surface area contributed by atoms with Crippen molar-refractivity contribution in [2.75, 3.05) is 6.26 Å². The molecule has 2 rings (SSSR count). The summed E-state index contributed by atoms with van der Waals surface area (Å²) in [5.74, 6) is 0.518. The number of aromatic nitrogens is 2. The van der Waals surface area contributed by atoms with Crippen LogP contribution in [0.1, 0.15) is 5.82 Å². The summed E-state index contributed by atoms with van der Waals surface area (Å²) in [6, 6.07) is 7.66. The summed E-state index contributed by atoms with van der Waals surface area (Å²) in [6.45, 7) is 1.69. The molecule has 1 heterocycles. The monoisotopic (exact) mass is 264 g/mol. The van der Waals surface area contributed by atoms with E-state index in [9.17, 15) is 13.2 Å². The molecule has 1 aromatic carbocycles. The lowest BCUT2D eigenvalue weighted by atomic mass is 10.1. The van der Waals surface area contributed by atoms with Crippen molar-refractivity contribution in [2.45, 2.75) is 11.8 Å². The van der Waals surface area contributed by atoms with E-state index in [1.54, 1.807) is 19.1 Å². The molecule has 2 aromatic rings. The number of nitrogens with one attached hydrogen (secondary N) is 1. The van der Waals surface area contributed by atoms with Gasteiger partial charge in [0, 0.05) is 17.9 Å². The van der Waals surface area contributed by atoms with Gasteiger partial charge in [0.1, 0.15) is 5.82 Å². The van der Waals surface area contributed by atoms with Crippen LogP contribution in [0.25, 0.3) is 11.3 Å². The SMILES string of the molecule is Cc1nc(-c2ccc(S(C)(=O)=O)cc2)cc(=O)[nH]1. The summed E-state index contributed by atoms with van der Waals surface area (Å²) in [5.41, 5.74) is 0.998. The van der Waals surface area contributed by atoms with E-state index in [4.69, 9.17) is 0 Å². The number of hydrogen-bond acceptors (Lipinski definition) is 4. The highest BCUT2D eigenvalue weighted by atomic mass is 32.2. The highest BCUT2D eigenvalue weighted by Crippen LogP contribution is 2.18. The minimum Gasteiger partial charge on any atom is -0.311 e. The molecule has 0 spiro atoms. The van der Waals surface area contributed by atoms with E-state index < -0.39 is 9.84 Å². The Morgan fingerprint density at radius 2 is 1.78 bits per heavy atom. The second kappa shape index (κ2) is 4.38. The van der Waals surface area contributed by atoms with Crippen LogP contribution in [0.2, 0.25) is 0 Å². The van der Waals surface area contributed by atoms with E-state index in [-0.39, 0.29) is 10.5 Å². The summed E-state index contributed by atoms with van der Waals surface area (Å²) in [7, 11) is -3.21. The molecule has 0 unspecified atom stereocenters. The van der Waals surface area contributed by atoms with Gasteiger partial charge in [0.2, 0.25) is 0 Å². The predicted molar refractivity (Wildman–Crippen MR) is 68.1 cm³/mol. The largest absolute Gasteiger partial charge is 0.311 e. The Morgan fingerprint density at radius 3 is 2.28 bits per heavy atom. The summed E-state index contributed by atoms with van der Waals surface area (Å²) >= 11 is 0. The third kappa shape index (κ3) is 2.65. The van der Waals surface area contributed by atoms with Crippen LogP contribution in [0.15, 0.2) is 40.0 Å². The van der Waals surface area contributed by atoms with Gasteiger partial charge in [-0.1, -0.05) is 12.1 Å². The van der Waals surface area contributed by atoms with Gasteiger partial charge in [-0.2, -0.15) is 0 Å². The molecule has 0 amide bonds. The maximum absolute atomic E-state index is 11.3. The van der Waals surface area contributed by atoms with Crippen LogP contribution in [0.4, 0.5) is 0 Å². The molecule has 0 saturated carbocycles. The molecule has 94 valence electrons. The zero-order valence-electron chi connectivity index (χ0n) is 9.97. The van der Waals surface area contributed by atoms with E-state index in [2.05, 4.69) is 9.97 Å².